The zero-order valence-electron chi connectivity index (χ0n) is 11.6. The Morgan fingerprint density at radius 3 is 2.73 bits per heavy atom. The van der Waals surface area contributed by atoms with Gasteiger partial charge >= 0.3 is 0 Å². The third kappa shape index (κ3) is 3.53. The van der Waals surface area contributed by atoms with E-state index in [1.165, 1.54) is 5.56 Å². The van der Waals surface area contributed by atoms with Gasteiger partial charge in [0.25, 0.3) is 0 Å². The molecule has 2 atom stereocenters. The normalized spacial score (nSPS) is 13.9. The largest absolute Gasteiger partial charge is 0.388 e. The van der Waals surface area contributed by atoms with Crippen LogP contribution in [0.2, 0.25) is 0 Å². The molecule has 0 amide bonds. The quantitative estimate of drug-likeness (QED) is 0.634. The maximum atomic E-state index is 10.2. The minimum atomic E-state index is -0.947. The molecule has 0 saturated heterocycles. The van der Waals surface area contributed by atoms with Crippen LogP contribution in [0.25, 0.3) is 0 Å². The number of rotatable bonds is 6. The second kappa shape index (κ2) is 6.73. The van der Waals surface area contributed by atoms with E-state index in [9.17, 15) is 10.2 Å². The molecule has 0 bridgehead atoms. The van der Waals surface area contributed by atoms with Crippen LogP contribution in [0, 0.1) is 0 Å². The topological polar surface area (TPSA) is 108 Å². The van der Waals surface area contributed by atoms with Gasteiger partial charge in [0.05, 0.1) is 6.10 Å². The monoisotopic (exact) mass is 317 g/mol. The fourth-order valence-corrected chi connectivity index (χ4v) is 3.10. The highest BCUT2D eigenvalue weighted by atomic mass is 32.1. The Balaban J connectivity index is 1.63. The standard InChI is InChI=1S/C14H15N5O2S/c20-12(7-13(21)14-16-18-19-17-14)10-6-11(22-8-10)5-9-1-3-15-4-2-9/h1-4,6,8,12-13,20-21H,5,7H2,(H,16,17,18,19). The fourth-order valence-electron chi connectivity index (χ4n) is 2.13. The summed E-state index contributed by atoms with van der Waals surface area (Å²) in [6, 6.07) is 5.89. The van der Waals surface area contributed by atoms with Crippen LogP contribution >= 0.6 is 11.3 Å². The average molecular weight is 317 g/mol. The molecular weight excluding hydrogens is 302 g/mol. The van der Waals surface area contributed by atoms with Gasteiger partial charge < -0.3 is 10.2 Å². The Hall–Kier alpha value is -2.16. The van der Waals surface area contributed by atoms with Crippen molar-refractivity contribution in [3.63, 3.8) is 0 Å². The number of aliphatic hydroxyl groups excluding tert-OH is 2. The van der Waals surface area contributed by atoms with Gasteiger partial charge in [-0.05, 0) is 34.7 Å². The van der Waals surface area contributed by atoms with Crippen molar-refractivity contribution in [1.29, 1.82) is 0 Å². The molecule has 3 rings (SSSR count). The highest BCUT2D eigenvalue weighted by Crippen LogP contribution is 2.28. The minimum absolute atomic E-state index is 0.130. The van der Waals surface area contributed by atoms with E-state index in [-0.39, 0.29) is 12.2 Å². The van der Waals surface area contributed by atoms with Crippen molar-refractivity contribution < 1.29 is 10.2 Å². The van der Waals surface area contributed by atoms with Crippen molar-refractivity contribution in [2.45, 2.75) is 25.0 Å². The maximum absolute atomic E-state index is 10.2. The lowest BCUT2D eigenvalue weighted by molar-refractivity contribution is 0.0756. The van der Waals surface area contributed by atoms with E-state index in [2.05, 4.69) is 25.6 Å². The molecule has 22 heavy (non-hydrogen) atoms. The summed E-state index contributed by atoms with van der Waals surface area (Å²) < 4.78 is 0. The number of pyridine rings is 1. The predicted molar refractivity (Wildman–Crippen MR) is 80.1 cm³/mol. The predicted octanol–water partition coefficient (Wildman–Crippen LogP) is 1.40. The number of tetrazole rings is 1. The van der Waals surface area contributed by atoms with Crippen molar-refractivity contribution in [3.05, 3.63) is 57.8 Å². The molecule has 3 N–H and O–H groups in total. The molecule has 0 aromatic carbocycles. The first kappa shape index (κ1) is 14.8. The molecule has 3 aromatic rings. The Labute approximate surface area is 130 Å². The van der Waals surface area contributed by atoms with Crippen LogP contribution in [0.5, 0.6) is 0 Å². The van der Waals surface area contributed by atoms with Gasteiger partial charge in [-0.15, -0.1) is 21.5 Å². The Morgan fingerprint density at radius 2 is 2.00 bits per heavy atom. The highest BCUT2D eigenvalue weighted by molar-refractivity contribution is 7.10. The molecule has 0 aliphatic heterocycles. The molecule has 0 fully saturated rings. The molecule has 3 aromatic heterocycles. The summed E-state index contributed by atoms with van der Waals surface area (Å²) in [6.07, 6.45) is 2.74. The summed E-state index contributed by atoms with van der Waals surface area (Å²) in [7, 11) is 0. The van der Waals surface area contributed by atoms with Gasteiger partial charge in [0.15, 0.2) is 0 Å². The van der Waals surface area contributed by atoms with Gasteiger partial charge in [-0.2, -0.15) is 5.21 Å². The average Bonchev–Trinajstić information content (AvgIpc) is 3.19. The van der Waals surface area contributed by atoms with Crippen LogP contribution < -0.4 is 0 Å². The lowest BCUT2D eigenvalue weighted by Crippen LogP contribution is -2.06. The molecule has 0 spiro atoms. The van der Waals surface area contributed by atoms with Crippen LogP contribution in [-0.2, 0) is 6.42 Å². The van der Waals surface area contributed by atoms with Gasteiger partial charge in [-0.25, -0.2) is 0 Å². The molecule has 8 heteroatoms. The maximum Gasteiger partial charge on any atom is 0.203 e. The number of nitrogens with zero attached hydrogens (tertiary/aromatic N) is 4. The van der Waals surface area contributed by atoms with Crippen LogP contribution in [0.15, 0.2) is 36.0 Å². The SMILES string of the molecule is OC(CC(O)c1nn[nH]n1)c1csc(Cc2ccncc2)c1. The molecular formula is C14H15N5O2S. The summed E-state index contributed by atoms with van der Waals surface area (Å²) in [5.41, 5.74) is 1.96. The molecule has 0 aliphatic rings. The zero-order chi connectivity index (χ0) is 15.4. The summed E-state index contributed by atoms with van der Waals surface area (Å²) >= 11 is 1.59. The van der Waals surface area contributed by atoms with Gasteiger partial charge in [0.2, 0.25) is 5.82 Å². The molecule has 114 valence electrons. The third-order valence-corrected chi connectivity index (χ3v) is 4.25. The first-order chi connectivity index (χ1) is 10.7. The highest BCUT2D eigenvalue weighted by Gasteiger charge is 2.19. The first-order valence-corrected chi connectivity index (χ1v) is 7.66. The van der Waals surface area contributed by atoms with Gasteiger partial charge in [0.1, 0.15) is 6.10 Å². The van der Waals surface area contributed by atoms with E-state index >= 15 is 0 Å². The summed E-state index contributed by atoms with van der Waals surface area (Å²) in [5, 5.41) is 35.2. The molecule has 0 radical (unpaired) electrons. The molecule has 0 aliphatic carbocycles. The Bertz CT molecular complexity index is 701. The van der Waals surface area contributed by atoms with Crippen LogP contribution in [-0.4, -0.2) is 35.8 Å². The van der Waals surface area contributed by atoms with Gasteiger partial charge in [-0.3, -0.25) is 4.98 Å². The van der Waals surface area contributed by atoms with Crippen molar-refractivity contribution in [1.82, 2.24) is 25.6 Å². The number of H-pyrrole nitrogens is 1. The van der Waals surface area contributed by atoms with Crippen molar-refractivity contribution >= 4 is 11.3 Å². The second-order valence-corrected chi connectivity index (χ2v) is 5.91. The molecule has 3 heterocycles. The molecule has 2 unspecified atom stereocenters. The van der Waals surface area contributed by atoms with Crippen molar-refractivity contribution in [2.24, 2.45) is 0 Å². The minimum Gasteiger partial charge on any atom is -0.388 e. The number of thiophene rings is 1. The van der Waals surface area contributed by atoms with Crippen LogP contribution in [0.1, 0.15) is 40.5 Å². The van der Waals surface area contributed by atoms with Gasteiger partial charge in [0, 0.05) is 30.1 Å². The molecule has 0 saturated carbocycles. The van der Waals surface area contributed by atoms with E-state index in [4.69, 9.17) is 0 Å². The number of hydrogen-bond donors (Lipinski definition) is 3. The van der Waals surface area contributed by atoms with E-state index < -0.39 is 12.2 Å². The number of aromatic nitrogens is 5. The number of aliphatic hydroxyl groups is 2. The van der Waals surface area contributed by atoms with Crippen LogP contribution in [0.4, 0.5) is 0 Å². The summed E-state index contributed by atoms with van der Waals surface area (Å²) in [6.45, 7) is 0. The molecule has 7 nitrogen and oxygen atoms in total. The van der Waals surface area contributed by atoms with Crippen molar-refractivity contribution in [3.8, 4) is 0 Å². The van der Waals surface area contributed by atoms with Crippen LogP contribution in [0.3, 0.4) is 0 Å². The lowest BCUT2D eigenvalue weighted by atomic mass is 10.0. The lowest BCUT2D eigenvalue weighted by Gasteiger charge is -2.11. The fraction of sp³-hybridized carbons (Fsp3) is 0.286. The van der Waals surface area contributed by atoms with E-state index in [1.54, 1.807) is 23.7 Å². The van der Waals surface area contributed by atoms with E-state index in [0.29, 0.717) is 0 Å². The smallest absolute Gasteiger partial charge is 0.203 e. The summed E-state index contributed by atoms with van der Waals surface area (Å²) in [5.74, 6) is 0.186. The Kier molecular flexibility index (Phi) is 4.52. The second-order valence-electron chi connectivity index (χ2n) is 4.92. The van der Waals surface area contributed by atoms with Gasteiger partial charge in [-0.1, -0.05) is 5.21 Å². The Morgan fingerprint density at radius 1 is 1.18 bits per heavy atom. The number of nitrogens with one attached hydrogen (secondary N) is 1. The zero-order valence-corrected chi connectivity index (χ0v) is 12.4. The van der Waals surface area contributed by atoms with E-state index in [0.717, 1.165) is 16.9 Å². The third-order valence-electron chi connectivity index (χ3n) is 3.29. The van der Waals surface area contributed by atoms with E-state index in [1.807, 2.05) is 23.6 Å². The van der Waals surface area contributed by atoms with Crippen molar-refractivity contribution in [2.75, 3.05) is 0 Å². The number of hydrogen-bond acceptors (Lipinski definition) is 7. The number of aromatic amines is 1. The first-order valence-electron chi connectivity index (χ1n) is 6.78. The summed E-state index contributed by atoms with van der Waals surface area (Å²) in [4.78, 5) is 5.14.